The number of nitrogens with one attached hydrogen (secondary N) is 1. The van der Waals surface area contributed by atoms with Crippen molar-refractivity contribution in [2.75, 3.05) is 60.6 Å². The standard InChI is InChI=1S/C13H12N2O2.C13H15NO3.C4H10O3/c16-13-11-2-1-10(7-12(11)14-8-15-13)9-3-5-17-6-4-9;1-16-13(15)11-3-2-10(8-12(11)14)9-4-6-17-7-5-9;1-5-4(6-2)7-3/h1-3,7-8H,4-6H2,(H,14,15,16);2-4,8H,5-7,14H2,1H3;4H,1-3H3. The molecule has 3 aromatic rings. The number of esters is 1. The number of ether oxygens (including phenoxy) is 6. The van der Waals surface area contributed by atoms with E-state index in [4.69, 9.17) is 15.2 Å². The average molecular weight is 568 g/mol. The number of benzene rings is 2. The molecular weight excluding hydrogens is 530 g/mol. The molecule has 5 rings (SSSR count). The van der Waals surface area contributed by atoms with Gasteiger partial charge in [0.25, 0.3) is 12.0 Å². The Labute approximate surface area is 238 Å². The van der Waals surface area contributed by atoms with Crippen molar-refractivity contribution in [2.24, 2.45) is 0 Å². The Morgan fingerprint density at radius 2 is 1.49 bits per heavy atom. The van der Waals surface area contributed by atoms with Crippen LogP contribution in [-0.2, 0) is 28.4 Å². The van der Waals surface area contributed by atoms with E-state index in [1.807, 2.05) is 36.4 Å². The number of rotatable bonds is 6. The molecule has 0 saturated heterocycles. The fourth-order valence-electron chi connectivity index (χ4n) is 4.19. The highest BCUT2D eigenvalue weighted by Crippen LogP contribution is 2.25. The number of aromatic nitrogens is 2. The summed E-state index contributed by atoms with van der Waals surface area (Å²) in [5.41, 5.74) is 12.0. The molecule has 2 aromatic carbocycles. The monoisotopic (exact) mass is 567 g/mol. The lowest BCUT2D eigenvalue weighted by Crippen LogP contribution is -2.14. The maximum Gasteiger partial charge on any atom is 0.339 e. The molecule has 0 unspecified atom stereocenters. The number of hydrogen-bond donors (Lipinski definition) is 2. The van der Waals surface area contributed by atoms with Gasteiger partial charge in [-0.1, -0.05) is 24.3 Å². The molecule has 0 spiro atoms. The first-order chi connectivity index (χ1) is 19.9. The summed E-state index contributed by atoms with van der Waals surface area (Å²) in [6.07, 6.45) is 7.34. The number of H-pyrrole nitrogens is 1. The summed E-state index contributed by atoms with van der Waals surface area (Å²) >= 11 is 0. The molecule has 0 saturated carbocycles. The molecule has 2 aliphatic heterocycles. The predicted molar refractivity (Wildman–Crippen MR) is 156 cm³/mol. The number of anilines is 1. The molecule has 3 heterocycles. The van der Waals surface area contributed by atoms with Crippen LogP contribution in [0.15, 0.2) is 59.7 Å². The SMILES string of the molecule is COC(=O)c1ccc(C2=CCOCC2)cc1N.COC(OC)OC.O=c1[nH]cnc2cc(C3=CCOCC3)ccc12. The van der Waals surface area contributed by atoms with Crippen LogP contribution < -0.4 is 11.3 Å². The Hall–Kier alpha value is -3.87. The lowest BCUT2D eigenvalue weighted by Gasteiger charge is -2.14. The molecule has 2 aliphatic rings. The Balaban J connectivity index is 0.000000185. The maximum absolute atomic E-state index is 11.5. The van der Waals surface area contributed by atoms with E-state index in [1.165, 1.54) is 45.9 Å². The van der Waals surface area contributed by atoms with Gasteiger partial charge in [0.15, 0.2) is 0 Å². The van der Waals surface area contributed by atoms with Crippen molar-refractivity contribution in [2.45, 2.75) is 19.3 Å². The summed E-state index contributed by atoms with van der Waals surface area (Å²) < 4.78 is 29.0. The third-order valence-electron chi connectivity index (χ3n) is 6.34. The topological polar surface area (TPSA) is 144 Å². The summed E-state index contributed by atoms with van der Waals surface area (Å²) in [4.78, 5) is 29.7. The second kappa shape index (κ2) is 16.4. The van der Waals surface area contributed by atoms with Crippen molar-refractivity contribution in [3.63, 3.8) is 0 Å². The van der Waals surface area contributed by atoms with E-state index in [0.717, 1.165) is 42.7 Å². The summed E-state index contributed by atoms with van der Waals surface area (Å²) in [5, 5.41) is 0.629. The minimum absolute atomic E-state index is 0.0949. The lowest BCUT2D eigenvalue weighted by molar-refractivity contribution is -0.252. The van der Waals surface area contributed by atoms with E-state index >= 15 is 0 Å². The van der Waals surface area contributed by atoms with E-state index < -0.39 is 12.4 Å². The summed E-state index contributed by atoms with van der Waals surface area (Å²) in [5.74, 6) is -0.407. The normalized spacial score (nSPS) is 14.7. The molecule has 0 atom stereocenters. The van der Waals surface area contributed by atoms with Crippen LogP contribution in [0, 0.1) is 0 Å². The predicted octanol–water partition coefficient (Wildman–Crippen LogP) is 3.80. The fraction of sp³-hybridized carbons (Fsp3) is 0.367. The first-order valence-electron chi connectivity index (χ1n) is 13.0. The zero-order valence-corrected chi connectivity index (χ0v) is 23.8. The number of aromatic amines is 1. The van der Waals surface area contributed by atoms with Crippen molar-refractivity contribution in [1.82, 2.24) is 9.97 Å². The van der Waals surface area contributed by atoms with E-state index in [9.17, 15) is 9.59 Å². The second-order valence-corrected chi connectivity index (χ2v) is 8.86. The second-order valence-electron chi connectivity index (χ2n) is 8.86. The van der Waals surface area contributed by atoms with Gasteiger partial charge >= 0.3 is 5.97 Å². The van der Waals surface area contributed by atoms with Crippen LogP contribution in [0.1, 0.15) is 34.3 Å². The molecule has 0 fully saturated rings. The van der Waals surface area contributed by atoms with Crippen LogP contribution in [-0.4, -0.2) is 77.3 Å². The van der Waals surface area contributed by atoms with Gasteiger partial charge < -0.3 is 39.1 Å². The molecule has 0 bridgehead atoms. The first-order valence-corrected chi connectivity index (χ1v) is 13.0. The molecule has 41 heavy (non-hydrogen) atoms. The molecule has 0 amide bonds. The van der Waals surface area contributed by atoms with Gasteiger partial charge in [-0.3, -0.25) is 4.79 Å². The number of nitrogen functional groups attached to an aromatic ring is 1. The minimum Gasteiger partial charge on any atom is -0.465 e. The summed E-state index contributed by atoms with van der Waals surface area (Å²) in [7, 11) is 5.88. The number of nitrogens with zero attached hydrogens (tertiary/aromatic N) is 1. The van der Waals surface area contributed by atoms with Gasteiger partial charge in [-0.2, -0.15) is 0 Å². The van der Waals surface area contributed by atoms with Crippen LogP contribution in [0.3, 0.4) is 0 Å². The quantitative estimate of drug-likeness (QED) is 0.256. The fourth-order valence-corrected chi connectivity index (χ4v) is 4.19. The minimum atomic E-state index is -0.514. The third-order valence-corrected chi connectivity index (χ3v) is 6.34. The Kier molecular flexibility index (Phi) is 12.7. The van der Waals surface area contributed by atoms with Crippen molar-refractivity contribution in [3.05, 3.63) is 81.9 Å². The zero-order valence-electron chi connectivity index (χ0n) is 23.8. The molecular formula is C30H37N3O8. The number of carbonyl (C=O) groups excluding carboxylic acids is 1. The van der Waals surface area contributed by atoms with E-state index in [-0.39, 0.29) is 5.56 Å². The first kappa shape index (κ1) is 31.7. The molecule has 0 aliphatic carbocycles. The number of hydrogen-bond acceptors (Lipinski definition) is 10. The average Bonchev–Trinajstić information content (AvgIpc) is 3.03. The number of carbonyl (C=O) groups is 1. The van der Waals surface area contributed by atoms with Crippen LogP contribution in [0.25, 0.3) is 22.0 Å². The Morgan fingerprint density at radius 1 is 0.902 bits per heavy atom. The van der Waals surface area contributed by atoms with Gasteiger partial charge in [-0.15, -0.1) is 0 Å². The lowest BCUT2D eigenvalue weighted by atomic mass is 9.99. The van der Waals surface area contributed by atoms with E-state index in [2.05, 4.69) is 35.0 Å². The van der Waals surface area contributed by atoms with Gasteiger partial charge in [-0.05, 0) is 59.4 Å². The highest BCUT2D eigenvalue weighted by Gasteiger charge is 2.13. The largest absolute Gasteiger partial charge is 0.465 e. The maximum atomic E-state index is 11.5. The van der Waals surface area contributed by atoms with Gasteiger partial charge in [0.1, 0.15) is 0 Å². The van der Waals surface area contributed by atoms with Crippen LogP contribution in [0.5, 0.6) is 0 Å². The van der Waals surface area contributed by atoms with Gasteiger partial charge in [-0.25, -0.2) is 9.78 Å². The van der Waals surface area contributed by atoms with Crippen molar-refractivity contribution in [3.8, 4) is 0 Å². The van der Waals surface area contributed by atoms with Crippen LogP contribution in [0.2, 0.25) is 0 Å². The molecule has 220 valence electrons. The van der Waals surface area contributed by atoms with E-state index in [0.29, 0.717) is 29.9 Å². The highest BCUT2D eigenvalue weighted by atomic mass is 16.8. The van der Waals surface area contributed by atoms with Gasteiger partial charge in [0.2, 0.25) is 0 Å². The summed E-state index contributed by atoms with van der Waals surface area (Å²) in [6.45, 7) is 2.27. The Bertz CT molecular complexity index is 1410. The Morgan fingerprint density at radius 3 is 1.98 bits per heavy atom. The van der Waals surface area contributed by atoms with Crippen LogP contribution in [0.4, 0.5) is 5.69 Å². The zero-order chi connectivity index (χ0) is 29.6. The molecule has 11 heteroatoms. The van der Waals surface area contributed by atoms with E-state index in [1.54, 1.807) is 6.07 Å². The van der Waals surface area contributed by atoms with Crippen LogP contribution >= 0.6 is 0 Å². The van der Waals surface area contributed by atoms with Crippen molar-refractivity contribution < 1.29 is 33.2 Å². The van der Waals surface area contributed by atoms with Gasteiger partial charge in [0, 0.05) is 27.0 Å². The number of fused-ring (bicyclic) bond motifs is 1. The molecule has 3 N–H and O–H groups in total. The summed E-state index contributed by atoms with van der Waals surface area (Å²) in [6, 6.07) is 11.2. The molecule has 1 aromatic heterocycles. The van der Waals surface area contributed by atoms with Crippen molar-refractivity contribution in [1.29, 1.82) is 0 Å². The number of methoxy groups -OCH3 is 4. The number of nitrogens with two attached hydrogens (primary N) is 1. The molecule has 0 radical (unpaired) electrons. The van der Waals surface area contributed by atoms with Gasteiger partial charge in [0.05, 0.1) is 56.3 Å². The third kappa shape index (κ3) is 9.07. The highest BCUT2D eigenvalue weighted by molar-refractivity contribution is 5.95. The smallest absolute Gasteiger partial charge is 0.339 e. The molecule has 11 nitrogen and oxygen atoms in total. The van der Waals surface area contributed by atoms with Crippen molar-refractivity contribution >= 4 is 33.7 Å².